The number of nitrogens with zero attached hydrogens (tertiary/aromatic N) is 4. The summed E-state index contributed by atoms with van der Waals surface area (Å²) in [4.78, 5) is 23.6. The second kappa shape index (κ2) is 7.08. The van der Waals surface area contributed by atoms with E-state index in [1.807, 2.05) is 47.8 Å². The normalized spacial score (nSPS) is 11.3. The van der Waals surface area contributed by atoms with Crippen molar-refractivity contribution < 1.29 is 4.52 Å². The number of fused-ring (bicyclic) bond motifs is 1. The highest BCUT2D eigenvalue weighted by Crippen LogP contribution is 2.31. The molecule has 1 aromatic carbocycles. The maximum Gasteiger partial charge on any atom is 0.271 e. The average molecular weight is 471 g/mol. The van der Waals surface area contributed by atoms with Crippen molar-refractivity contribution in [3.8, 4) is 21.1 Å². The molecule has 0 aliphatic heterocycles. The van der Waals surface area contributed by atoms with Gasteiger partial charge in [0.2, 0.25) is 11.7 Å². The molecule has 0 bridgehead atoms. The largest absolute Gasteiger partial charge is 0.337 e. The molecule has 0 spiro atoms. The van der Waals surface area contributed by atoms with Crippen molar-refractivity contribution in [3.63, 3.8) is 0 Å². The van der Waals surface area contributed by atoms with Gasteiger partial charge in [0.25, 0.3) is 5.56 Å². The van der Waals surface area contributed by atoms with Gasteiger partial charge in [-0.05, 0) is 33.6 Å². The Bertz CT molecular complexity index is 1340. The van der Waals surface area contributed by atoms with Crippen LogP contribution >= 0.6 is 38.6 Å². The summed E-state index contributed by atoms with van der Waals surface area (Å²) in [5, 5.41) is 5.96. The lowest BCUT2D eigenvalue weighted by Gasteiger charge is -2.00. The Morgan fingerprint density at radius 2 is 2.00 bits per heavy atom. The van der Waals surface area contributed by atoms with Crippen LogP contribution in [0, 0.1) is 0 Å². The van der Waals surface area contributed by atoms with E-state index in [0.717, 1.165) is 19.8 Å². The first kappa shape index (κ1) is 17.5. The van der Waals surface area contributed by atoms with Crippen LogP contribution in [0.3, 0.4) is 0 Å². The maximum atomic E-state index is 12.9. The molecule has 0 fully saturated rings. The number of rotatable bonds is 4. The lowest BCUT2D eigenvalue weighted by Crippen LogP contribution is -2.20. The minimum absolute atomic E-state index is 0.115. The van der Waals surface area contributed by atoms with E-state index in [9.17, 15) is 4.79 Å². The Kier molecular flexibility index (Phi) is 4.42. The second-order valence-electron chi connectivity index (χ2n) is 6.01. The van der Waals surface area contributed by atoms with E-state index in [4.69, 9.17) is 4.52 Å². The minimum Gasteiger partial charge on any atom is -0.337 e. The van der Waals surface area contributed by atoms with Crippen LogP contribution in [-0.4, -0.2) is 19.7 Å². The van der Waals surface area contributed by atoms with Crippen LogP contribution in [0.15, 0.2) is 68.0 Å². The van der Waals surface area contributed by atoms with Gasteiger partial charge >= 0.3 is 0 Å². The third-order valence-electron chi connectivity index (χ3n) is 4.12. The first-order valence-electron chi connectivity index (χ1n) is 8.29. The lowest BCUT2D eigenvalue weighted by molar-refractivity contribution is 0.370. The third-order valence-corrected chi connectivity index (χ3v) is 6.97. The van der Waals surface area contributed by atoms with E-state index in [0.29, 0.717) is 21.9 Å². The Labute approximate surface area is 175 Å². The Balaban J connectivity index is 1.47. The number of aromatic nitrogens is 4. The number of halogens is 1. The molecule has 6 nitrogen and oxygen atoms in total. The molecule has 0 radical (unpaired) electrons. The van der Waals surface area contributed by atoms with Crippen molar-refractivity contribution in [2.24, 2.45) is 0 Å². The van der Waals surface area contributed by atoms with Crippen LogP contribution in [0.2, 0.25) is 0 Å². The van der Waals surface area contributed by atoms with Crippen molar-refractivity contribution in [3.05, 3.63) is 74.9 Å². The van der Waals surface area contributed by atoms with Crippen LogP contribution in [0.4, 0.5) is 0 Å². The van der Waals surface area contributed by atoms with Gasteiger partial charge < -0.3 is 4.52 Å². The van der Waals surface area contributed by atoms with Crippen molar-refractivity contribution >= 4 is 48.8 Å². The monoisotopic (exact) mass is 470 g/mol. The first-order valence-corrected chi connectivity index (χ1v) is 10.8. The van der Waals surface area contributed by atoms with E-state index < -0.39 is 0 Å². The van der Waals surface area contributed by atoms with Gasteiger partial charge in [-0.15, -0.1) is 22.7 Å². The zero-order valence-corrected chi connectivity index (χ0v) is 17.4. The molecule has 28 heavy (non-hydrogen) atoms. The molecule has 138 valence electrons. The lowest BCUT2D eigenvalue weighted by atomic mass is 10.2. The molecule has 5 aromatic rings. The fourth-order valence-electron chi connectivity index (χ4n) is 2.80. The molecular formula is C19H11BrN4O2S2. The number of benzene rings is 1. The minimum atomic E-state index is -0.115. The molecule has 4 heterocycles. The van der Waals surface area contributed by atoms with Gasteiger partial charge in [-0.2, -0.15) is 4.98 Å². The maximum absolute atomic E-state index is 12.9. The highest BCUT2D eigenvalue weighted by Gasteiger charge is 2.14. The van der Waals surface area contributed by atoms with E-state index in [2.05, 4.69) is 31.1 Å². The molecule has 0 aliphatic rings. The van der Waals surface area contributed by atoms with E-state index >= 15 is 0 Å². The van der Waals surface area contributed by atoms with Gasteiger partial charge in [0.15, 0.2) is 0 Å². The van der Waals surface area contributed by atoms with E-state index in [-0.39, 0.29) is 12.1 Å². The van der Waals surface area contributed by atoms with Crippen molar-refractivity contribution in [2.45, 2.75) is 6.54 Å². The predicted molar refractivity (Wildman–Crippen MR) is 114 cm³/mol. The number of hydrogen-bond donors (Lipinski definition) is 0. The summed E-state index contributed by atoms with van der Waals surface area (Å²) in [6, 6.07) is 13.8. The highest BCUT2D eigenvalue weighted by molar-refractivity contribution is 9.10. The molecule has 5 rings (SSSR count). The molecule has 4 aromatic heterocycles. The molecule has 0 N–H and O–H groups in total. The molecule has 0 amide bonds. The summed E-state index contributed by atoms with van der Waals surface area (Å²) < 4.78 is 8.40. The van der Waals surface area contributed by atoms with Crippen molar-refractivity contribution in [2.75, 3.05) is 0 Å². The van der Waals surface area contributed by atoms with Gasteiger partial charge in [-0.25, -0.2) is 4.98 Å². The molecule has 0 saturated heterocycles. The van der Waals surface area contributed by atoms with Gasteiger partial charge in [0.05, 0.1) is 16.7 Å². The smallest absolute Gasteiger partial charge is 0.271 e. The van der Waals surface area contributed by atoms with Crippen LogP contribution in [0.1, 0.15) is 5.89 Å². The standard InChI is InChI=1S/C19H11BrN4O2S2/c20-12-6-15(27-9-12)18-22-16(26-23-18)8-24-10-21-13-7-14(28-17(13)19(24)25)11-4-2-1-3-5-11/h1-7,9-10H,8H2. The Morgan fingerprint density at radius 3 is 2.79 bits per heavy atom. The van der Waals surface area contributed by atoms with Gasteiger partial charge in [0.1, 0.15) is 11.2 Å². The summed E-state index contributed by atoms with van der Waals surface area (Å²) >= 11 is 6.37. The van der Waals surface area contributed by atoms with Crippen molar-refractivity contribution in [1.82, 2.24) is 19.7 Å². The first-order chi connectivity index (χ1) is 13.7. The quantitative estimate of drug-likeness (QED) is 0.367. The zero-order valence-electron chi connectivity index (χ0n) is 14.2. The topological polar surface area (TPSA) is 73.8 Å². The van der Waals surface area contributed by atoms with Gasteiger partial charge in [-0.1, -0.05) is 35.5 Å². The zero-order chi connectivity index (χ0) is 19.1. The summed E-state index contributed by atoms with van der Waals surface area (Å²) in [7, 11) is 0. The third kappa shape index (κ3) is 3.21. The summed E-state index contributed by atoms with van der Waals surface area (Å²) in [5.74, 6) is 0.873. The second-order valence-corrected chi connectivity index (χ2v) is 8.89. The Hall–Kier alpha value is -2.62. The summed E-state index contributed by atoms with van der Waals surface area (Å²) in [6.07, 6.45) is 1.53. The molecule has 0 aliphatic carbocycles. The van der Waals surface area contributed by atoms with Crippen LogP contribution < -0.4 is 5.56 Å². The summed E-state index contributed by atoms with van der Waals surface area (Å²) in [5.41, 5.74) is 1.65. The van der Waals surface area contributed by atoms with Gasteiger partial charge in [-0.3, -0.25) is 9.36 Å². The highest BCUT2D eigenvalue weighted by atomic mass is 79.9. The predicted octanol–water partition coefficient (Wildman–Crippen LogP) is 5.05. The number of hydrogen-bond acceptors (Lipinski definition) is 7. The van der Waals surface area contributed by atoms with E-state index in [1.165, 1.54) is 33.6 Å². The fourth-order valence-corrected chi connectivity index (χ4v) is 5.21. The average Bonchev–Trinajstić information content (AvgIpc) is 3.44. The molecule has 0 atom stereocenters. The number of thiophene rings is 2. The summed E-state index contributed by atoms with van der Waals surface area (Å²) in [6.45, 7) is 0.180. The van der Waals surface area contributed by atoms with Gasteiger partial charge in [0, 0.05) is 14.7 Å². The fraction of sp³-hybridized carbons (Fsp3) is 0.0526. The van der Waals surface area contributed by atoms with Crippen molar-refractivity contribution in [1.29, 1.82) is 0 Å². The van der Waals surface area contributed by atoms with Crippen LogP contribution in [0.5, 0.6) is 0 Å². The SMILES string of the molecule is O=c1c2sc(-c3ccccc3)cc2ncn1Cc1nc(-c2cc(Br)cs2)no1. The van der Waals surface area contributed by atoms with Crippen LogP contribution in [0.25, 0.3) is 31.4 Å². The molecular weight excluding hydrogens is 460 g/mol. The van der Waals surface area contributed by atoms with Crippen LogP contribution in [-0.2, 0) is 6.54 Å². The molecule has 0 saturated carbocycles. The van der Waals surface area contributed by atoms with E-state index in [1.54, 1.807) is 0 Å². The Morgan fingerprint density at radius 1 is 1.14 bits per heavy atom. The molecule has 0 unspecified atom stereocenters. The molecule has 9 heteroatoms.